The largest absolute Gasteiger partial charge is 0.464 e. The molecule has 0 saturated carbocycles. The third-order valence-electron chi connectivity index (χ3n) is 2.46. The molecular formula is C13H25N5O2. The lowest BCUT2D eigenvalue weighted by Gasteiger charge is -2.14. The van der Waals surface area contributed by atoms with Crippen molar-refractivity contribution in [2.75, 3.05) is 30.3 Å². The molecule has 0 amide bonds. The van der Waals surface area contributed by atoms with Crippen LogP contribution in [0.25, 0.3) is 0 Å². The van der Waals surface area contributed by atoms with Crippen LogP contribution in [0.15, 0.2) is 0 Å². The maximum absolute atomic E-state index is 9.85. The van der Waals surface area contributed by atoms with Gasteiger partial charge in [-0.3, -0.25) is 0 Å². The highest BCUT2D eigenvalue weighted by atomic mass is 16.5. The van der Waals surface area contributed by atoms with Gasteiger partial charge in [0.1, 0.15) is 0 Å². The second-order valence-corrected chi connectivity index (χ2v) is 4.89. The molecule has 1 unspecified atom stereocenters. The molecule has 1 rings (SSSR count). The van der Waals surface area contributed by atoms with Gasteiger partial charge >= 0.3 is 6.01 Å². The number of rotatable bonds is 9. The van der Waals surface area contributed by atoms with E-state index in [0.717, 1.165) is 6.42 Å². The van der Waals surface area contributed by atoms with E-state index in [1.165, 1.54) is 0 Å². The topological polar surface area (TPSA) is 92.2 Å². The van der Waals surface area contributed by atoms with E-state index in [0.29, 0.717) is 37.5 Å². The Balaban J connectivity index is 2.67. The number of hydrogen-bond acceptors (Lipinski definition) is 7. The van der Waals surface area contributed by atoms with Crippen molar-refractivity contribution >= 4 is 11.9 Å². The summed E-state index contributed by atoms with van der Waals surface area (Å²) in [6.45, 7) is 9.58. The van der Waals surface area contributed by atoms with Gasteiger partial charge in [0, 0.05) is 13.1 Å². The standard InChI is InChI=1S/C13H25N5O2/c1-5-14-11-16-12(18-13(17-11)20-6-2)15-8-10(19)7-9(3)4/h9-10,19H,5-8H2,1-4H3,(H2,14,15,16,17,18). The number of aromatic nitrogens is 3. The average Bonchev–Trinajstić information content (AvgIpc) is 2.36. The van der Waals surface area contributed by atoms with Crippen LogP contribution in [0.1, 0.15) is 34.1 Å². The Morgan fingerprint density at radius 2 is 1.75 bits per heavy atom. The average molecular weight is 283 g/mol. The second-order valence-electron chi connectivity index (χ2n) is 4.89. The van der Waals surface area contributed by atoms with Gasteiger partial charge in [-0.05, 0) is 26.2 Å². The van der Waals surface area contributed by atoms with Gasteiger partial charge in [0.25, 0.3) is 0 Å². The molecule has 3 N–H and O–H groups in total. The van der Waals surface area contributed by atoms with Crippen LogP contribution in [-0.2, 0) is 0 Å². The Bertz CT molecular complexity index is 376. The monoisotopic (exact) mass is 283 g/mol. The lowest BCUT2D eigenvalue weighted by atomic mass is 10.1. The smallest absolute Gasteiger partial charge is 0.323 e. The maximum atomic E-state index is 9.85. The Morgan fingerprint density at radius 3 is 2.30 bits per heavy atom. The summed E-state index contributed by atoms with van der Waals surface area (Å²) in [5.74, 6) is 1.32. The first-order valence-electron chi connectivity index (χ1n) is 7.09. The molecule has 0 radical (unpaired) electrons. The van der Waals surface area contributed by atoms with E-state index >= 15 is 0 Å². The number of hydrogen-bond donors (Lipinski definition) is 3. The Labute approximate surface area is 120 Å². The zero-order chi connectivity index (χ0) is 15.0. The molecule has 1 aromatic rings. The van der Waals surface area contributed by atoms with Crippen LogP contribution in [0.5, 0.6) is 6.01 Å². The molecule has 1 atom stereocenters. The van der Waals surface area contributed by atoms with Crippen molar-refractivity contribution in [3.63, 3.8) is 0 Å². The third-order valence-corrected chi connectivity index (χ3v) is 2.46. The second kappa shape index (κ2) is 8.52. The number of aliphatic hydroxyl groups is 1. The lowest BCUT2D eigenvalue weighted by Crippen LogP contribution is -2.22. The van der Waals surface area contributed by atoms with Crippen LogP contribution in [0.2, 0.25) is 0 Å². The molecule has 7 heteroatoms. The summed E-state index contributed by atoms with van der Waals surface area (Å²) in [4.78, 5) is 12.5. The van der Waals surface area contributed by atoms with Crippen molar-refractivity contribution in [3.8, 4) is 6.01 Å². The molecular weight excluding hydrogens is 258 g/mol. The predicted octanol–water partition coefficient (Wildman–Crippen LogP) is 1.52. The summed E-state index contributed by atoms with van der Waals surface area (Å²) in [6, 6.07) is 0.277. The molecule has 20 heavy (non-hydrogen) atoms. The van der Waals surface area contributed by atoms with Crippen LogP contribution < -0.4 is 15.4 Å². The normalized spacial score (nSPS) is 12.3. The van der Waals surface area contributed by atoms with Crippen molar-refractivity contribution in [2.24, 2.45) is 5.92 Å². The van der Waals surface area contributed by atoms with Crippen molar-refractivity contribution in [1.29, 1.82) is 0 Å². The van der Waals surface area contributed by atoms with E-state index in [-0.39, 0.29) is 6.01 Å². The van der Waals surface area contributed by atoms with Gasteiger partial charge in [0.15, 0.2) is 0 Å². The van der Waals surface area contributed by atoms with E-state index < -0.39 is 6.10 Å². The maximum Gasteiger partial charge on any atom is 0.323 e. The van der Waals surface area contributed by atoms with Gasteiger partial charge in [-0.15, -0.1) is 0 Å². The third kappa shape index (κ3) is 6.01. The first-order valence-corrected chi connectivity index (χ1v) is 7.09. The molecule has 1 aromatic heterocycles. The minimum absolute atomic E-state index is 0.277. The Hall–Kier alpha value is -1.63. The van der Waals surface area contributed by atoms with Crippen molar-refractivity contribution in [1.82, 2.24) is 15.0 Å². The summed E-state index contributed by atoms with van der Waals surface area (Å²) in [5.41, 5.74) is 0. The summed E-state index contributed by atoms with van der Waals surface area (Å²) in [7, 11) is 0. The molecule has 0 spiro atoms. The van der Waals surface area contributed by atoms with E-state index in [4.69, 9.17) is 4.74 Å². The van der Waals surface area contributed by atoms with Crippen LogP contribution in [-0.4, -0.2) is 45.9 Å². The molecule has 114 valence electrons. The number of ether oxygens (including phenoxy) is 1. The molecule has 0 fully saturated rings. The molecule has 0 bridgehead atoms. The minimum atomic E-state index is -0.426. The van der Waals surface area contributed by atoms with E-state index in [9.17, 15) is 5.11 Å². The fourth-order valence-corrected chi connectivity index (χ4v) is 1.70. The van der Waals surface area contributed by atoms with E-state index in [1.54, 1.807) is 0 Å². The SMILES string of the molecule is CCNc1nc(NCC(O)CC(C)C)nc(OCC)n1. The number of anilines is 2. The highest BCUT2D eigenvalue weighted by Crippen LogP contribution is 2.12. The fourth-order valence-electron chi connectivity index (χ4n) is 1.70. The quantitative estimate of drug-likeness (QED) is 0.632. The molecule has 7 nitrogen and oxygen atoms in total. The highest BCUT2D eigenvalue weighted by Gasteiger charge is 2.10. The van der Waals surface area contributed by atoms with E-state index in [1.807, 2.05) is 13.8 Å². The lowest BCUT2D eigenvalue weighted by molar-refractivity contribution is 0.161. The molecule has 0 aliphatic carbocycles. The van der Waals surface area contributed by atoms with Gasteiger partial charge in [-0.1, -0.05) is 13.8 Å². The van der Waals surface area contributed by atoms with Gasteiger partial charge in [0.05, 0.1) is 12.7 Å². The molecule has 0 aromatic carbocycles. The zero-order valence-electron chi connectivity index (χ0n) is 12.7. The number of aliphatic hydroxyl groups excluding tert-OH is 1. The summed E-state index contributed by atoms with van der Waals surface area (Å²) in [5, 5.41) is 15.9. The van der Waals surface area contributed by atoms with Crippen LogP contribution >= 0.6 is 0 Å². The molecule has 0 aliphatic rings. The summed E-state index contributed by atoms with van der Waals surface area (Å²) < 4.78 is 5.30. The number of nitrogens with zero attached hydrogens (tertiary/aromatic N) is 3. The van der Waals surface area contributed by atoms with Crippen molar-refractivity contribution in [3.05, 3.63) is 0 Å². The summed E-state index contributed by atoms with van der Waals surface area (Å²) >= 11 is 0. The predicted molar refractivity (Wildman–Crippen MR) is 79.1 cm³/mol. The zero-order valence-corrected chi connectivity index (χ0v) is 12.7. The first-order chi connectivity index (χ1) is 9.55. The molecule has 0 saturated heterocycles. The Kier molecular flexibility index (Phi) is 7.00. The fraction of sp³-hybridized carbons (Fsp3) is 0.769. The Morgan fingerprint density at radius 1 is 1.10 bits per heavy atom. The molecule has 1 heterocycles. The first kappa shape index (κ1) is 16.4. The van der Waals surface area contributed by atoms with Crippen LogP contribution in [0, 0.1) is 5.92 Å². The molecule has 0 aliphatic heterocycles. The highest BCUT2D eigenvalue weighted by molar-refractivity contribution is 5.35. The van der Waals surface area contributed by atoms with Crippen molar-refractivity contribution < 1.29 is 9.84 Å². The van der Waals surface area contributed by atoms with Gasteiger partial charge < -0.3 is 20.5 Å². The van der Waals surface area contributed by atoms with Crippen LogP contribution in [0.3, 0.4) is 0 Å². The van der Waals surface area contributed by atoms with Gasteiger partial charge in [0.2, 0.25) is 11.9 Å². The van der Waals surface area contributed by atoms with Gasteiger partial charge in [-0.2, -0.15) is 15.0 Å². The van der Waals surface area contributed by atoms with Gasteiger partial charge in [-0.25, -0.2) is 0 Å². The van der Waals surface area contributed by atoms with E-state index in [2.05, 4.69) is 39.4 Å². The van der Waals surface area contributed by atoms with Crippen LogP contribution in [0.4, 0.5) is 11.9 Å². The number of nitrogens with one attached hydrogen (secondary N) is 2. The summed E-state index contributed by atoms with van der Waals surface area (Å²) in [6.07, 6.45) is 0.307. The van der Waals surface area contributed by atoms with Crippen molar-refractivity contribution in [2.45, 2.75) is 40.2 Å². The minimum Gasteiger partial charge on any atom is -0.464 e.